The van der Waals surface area contributed by atoms with Gasteiger partial charge in [0.1, 0.15) is 5.82 Å². The summed E-state index contributed by atoms with van der Waals surface area (Å²) in [5.74, 6) is -0.132. The van der Waals surface area contributed by atoms with Crippen molar-refractivity contribution in [3.63, 3.8) is 0 Å². The average molecular weight is 231 g/mol. The summed E-state index contributed by atoms with van der Waals surface area (Å²) in [6, 6.07) is 7.29. The van der Waals surface area contributed by atoms with Crippen molar-refractivity contribution < 1.29 is 4.39 Å². The van der Waals surface area contributed by atoms with Crippen molar-refractivity contribution in [2.24, 2.45) is 0 Å². The van der Waals surface area contributed by atoms with Gasteiger partial charge in [0.15, 0.2) is 0 Å². The number of halogens is 1. The molecule has 1 aromatic carbocycles. The molecule has 1 aromatic rings. The van der Waals surface area contributed by atoms with Crippen LogP contribution in [0.2, 0.25) is 0 Å². The molecule has 0 fully saturated rings. The molecule has 0 aromatic heterocycles. The van der Waals surface area contributed by atoms with Crippen LogP contribution in [0.5, 0.6) is 0 Å². The molecule has 0 saturated heterocycles. The lowest BCUT2D eigenvalue weighted by atomic mass is 9.81. The summed E-state index contributed by atoms with van der Waals surface area (Å²) >= 11 is 0. The predicted molar refractivity (Wildman–Crippen MR) is 67.3 cm³/mol. The molecule has 1 atom stereocenters. The van der Waals surface area contributed by atoms with Gasteiger partial charge < -0.3 is 5.32 Å². The lowest BCUT2D eigenvalue weighted by molar-refractivity contribution is 0.487. The first-order chi connectivity index (χ1) is 8.34. The first-order valence-corrected chi connectivity index (χ1v) is 6.54. The molecule has 1 heterocycles. The largest absolute Gasteiger partial charge is 0.306 e. The van der Waals surface area contributed by atoms with E-state index in [-0.39, 0.29) is 11.9 Å². The standard InChI is InChI=1S/C15H18FN/c16-13-6-3-5-12(10-13)15-14-7-2-1-4-11(14)8-9-17-15/h3,5-6,10,15,17H,1-2,4,7-9H2. The van der Waals surface area contributed by atoms with Gasteiger partial charge in [0.05, 0.1) is 6.04 Å². The van der Waals surface area contributed by atoms with Crippen LogP contribution in [0.1, 0.15) is 43.7 Å². The lowest BCUT2D eigenvalue weighted by Crippen LogP contribution is -2.31. The summed E-state index contributed by atoms with van der Waals surface area (Å²) < 4.78 is 13.3. The third kappa shape index (κ3) is 2.14. The van der Waals surface area contributed by atoms with Gasteiger partial charge in [-0.2, -0.15) is 0 Å². The van der Waals surface area contributed by atoms with Crippen molar-refractivity contribution in [2.75, 3.05) is 6.54 Å². The fourth-order valence-electron chi connectivity index (χ4n) is 3.12. The van der Waals surface area contributed by atoms with Crippen LogP contribution in [0.15, 0.2) is 35.4 Å². The van der Waals surface area contributed by atoms with Gasteiger partial charge in [-0.15, -0.1) is 0 Å². The number of hydrogen-bond acceptors (Lipinski definition) is 1. The molecular formula is C15H18FN. The molecule has 0 spiro atoms. The van der Waals surface area contributed by atoms with Crippen LogP contribution in [0.25, 0.3) is 0 Å². The second-order valence-electron chi connectivity index (χ2n) is 5.03. The van der Waals surface area contributed by atoms with Crippen molar-refractivity contribution in [3.05, 3.63) is 46.8 Å². The molecule has 0 amide bonds. The van der Waals surface area contributed by atoms with E-state index in [2.05, 4.69) is 5.32 Å². The molecule has 90 valence electrons. The normalized spacial score (nSPS) is 24.6. The van der Waals surface area contributed by atoms with E-state index in [0.29, 0.717) is 0 Å². The van der Waals surface area contributed by atoms with Gasteiger partial charge >= 0.3 is 0 Å². The highest BCUT2D eigenvalue weighted by Gasteiger charge is 2.25. The van der Waals surface area contributed by atoms with E-state index in [1.54, 1.807) is 11.6 Å². The van der Waals surface area contributed by atoms with Crippen LogP contribution in [0.3, 0.4) is 0 Å². The van der Waals surface area contributed by atoms with E-state index in [4.69, 9.17) is 0 Å². The Labute approximate surface area is 102 Å². The fraction of sp³-hybridized carbons (Fsp3) is 0.467. The van der Waals surface area contributed by atoms with E-state index >= 15 is 0 Å². The summed E-state index contributed by atoms with van der Waals surface area (Å²) in [5.41, 5.74) is 4.25. The Bertz CT molecular complexity index is 446. The predicted octanol–water partition coefficient (Wildman–Crippen LogP) is 3.73. The summed E-state index contributed by atoms with van der Waals surface area (Å²) in [7, 11) is 0. The van der Waals surface area contributed by atoms with E-state index < -0.39 is 0 Å². The molecule has 1 unspecified atom stereocenters. The monoisotopic (exact) mass is 231 g/mol. The highest BCUT2D eigenvalue weighted by Crippen LogP contribution is 2.37. The Kier molecular flexibility index (Phi) is 2.98. The zero-order chi connectivity index (χ0) is 11.7. The van der Waals surface area contributed by atoms with Crippen molar-refractivity contribution >= 4 is 0 Å². The zero-order valence-electron chi connectivity index (χ0n) is 10.0. The quantitative estimate of drug-likeness (QED) is 0.726. The third-order valence-electron chi connectivity index (χ3n) is 3.93. The summed E-state index contributed by atoms with van der Waals surface area (Å²) in [6.45, 7) is 1.03. The maximum absolute atomic E-state index is 13.3. The Morgan fingerprint density at radius 2 is 2.00 bits per heavy atom. The minimum atomic E-state index is -0.132. The van der Waals surface area contributed by atoms with Crippen molar-refractivity contribution in [1.82, 2.24) is 5.32 Å². The number of nitrogens with one attached hydrogen (secondary N) is 1. The fourth-order valence-corrected chi connectivity index (χ4v) is 3.12. The van der Waals surface area contributed by atoms with Crippen LogP contribution < -0.4 is 5.32 Å². The van der Waals surface area contributed by atoms with Gasteiger partial charge in [0, 0.05) is 0 Å². The molecule has 1 aliphatic heterocycles. The minimum Gasteiger partial charge on any atom is -0.306 e. The van der Waals surface area contributed by atoms with Gasteiger partial charge in [-0.05, 0) is 61.9 Å². The van der Waals surface area contributed by atoms with E-state index in [9.17, 15) is 4.39 Å². The first-order valence-electron chi connectivity index (χ1n) is 6.54. The number of benzene rings is 1. The Hall–Kier alpha value is -1.15. The zero-order valence-corrected chi connectivity index (χ0v) is 10.0. The van der Waals surface area contributed by atoms with Gasteiger partial charge in [-0.25, -0.2) is 4.39 Å². The topological polar surface area (TPSA) is 12.0 Å². The molecule has 1 aliphatic carbocycles. The van der Waals surface area contributed by atoms with E-state index in [0.717, 1.165) is 12.1 Å². The second-order valence-corrected chi connectivity index (χ2v) is 5.03. The summed E-state index contributed by atoms with van der Waals surface area (Å²) in [5, 5.41) is 3.54. The van der Waals surface area contributed by atoms with E-state index in [1.165, 1.54) is 43.7 Å². The van der Waals surface area contributed by atoms with Gasteiger partial charge in [-0.1, -0.05) is 17.7 Å². The van der Waals surface area contributed by atoms with Gasteiger partial charge in [-0.3, -0.25) is 0 Å². The van der Waals surface area contributed by atoms with Crippen molar-refractivity contribution in [3.8, 4) is 0 Å². The highest BCUT2D eigenvalue weighted by molar-refractivity contribution is 5.34. The highest BCUT2D eigenvalue weighted by atomic mass is 19.1. The second kappa shape index (κ2) is 4.61. The Morgan fingerprint density at radius 3 is 2.88 bits per heavy atom. The molecule has 0 saturated carbocycles. The maximum Gasteiger partial charge on any atom is 0.123 e. The lowest BCUT2D eigenvalue weighted by Gasteiger charge is -2.33. The smallest absolute Gasteiger partial charge is 0.123 e. The molecule has 1 nitrogen and oxygen atoms in total. The number of hydrogen-bond donors (Lipinski definition) is 1. The van der Waals surface area contributed by atoms with E-state index in [1.807, 2.05) is 12.1 Å². The van der Waals surface area contributed by atoms with Crippen LogP contribution in [0.4, 0.5) is 4.39 Å². The Balaban J connectivity index is 1.97. The van der Waals surface area contributed by atoms with Crippen molar-refractivity contribution in [2.45, 2.75) is 38.1 Å². The van der Waals surface area contributed by atoms with Crippen LogP contribution in [-0.4, -0.2) is 6.54 Å². The third-order valence-corrected chi connectivity index (χ3v) is 3.93. The molecule has 1 N–H and O–H groups in total. The molecule has 0 radical (unpaired) electrons. The Morgan fingerprint density at radius 1 is 1.12 bits per heavy atom. The average Bonchev–Trinajstić information content (AvgIpc) is 2.38. The first kappa shape index (κ1) is 11.0. The molecule has 2 aliphatic rings. The molecule has 17 heavy (non-hydrogen) atoms. The van der Waals surface area contributed by atoms with Crippen LogP contribution in [-0.2, 0) is 0 Å². The molecule has 3 rings (SSSR count). The summed E-state index contributed by atoms with van der Waals surface area (Å²) in [6.07, 6.45) is 6.23. The van der Waals surface area contributed by atoms with Crippen LogP contribution in [0, 0.1) is 5.82 Å². The minimum absolute atomic E-state index is 0.132. The van der Waals surface area contributed by atoms with Gasteiger partial charge in [0.25, 0.3) is 0 Å². The molecule has 2 heteroatoms. The van der Waals surface area contributed by atoms with Crippen LogP contribution >= 0.6 is 0 Å². The van der Waals surface area contributed by atoms with Gasteiger partial charge in [0.2, 0.25) is 0 Å². The molecule has 0 bridgehead atoms. The summed E-state index contributed by atoms with van der Waals surface area (Å²) in [4.78, 5) is 0. The SMILES string of the molecule is Fc1cccc(C2NCCC3=C2CCCC3)c1. The van der Waals surface area contributed by atoms with Crippen molar-refractivity contribution in [1.29, 1.82) is 0 Å². The molecular weight excluding hydrogens is 213 g/mol. The maximum atomic E-state index is 13.3. The number of rotatable bonds is 1.